The van der Waals surface area contributed by atoms with Crippen LogP contribution in [0.4, 0.5) is 0 Å². The molecule has 1 rings (SSSR count). The summed E-state index contributed by atoms with van der Waals surface area (Å²) in [6.45, 7) is 4.28. The van der Waals surface area contributed by atoms with Gasteiger partial charge in [-0.25, -0.2) is 0 Å². The topological polar surface area (TPSA) is 67.9 Å². The Hall–Kier alpha value is -2.50. The fraction of sp³-hybridized carbons (Fsp3) is 0.444. The molecule has 132 valence electrons. The molecule has 0 aromatic heterocycles. The summed E-state index contributed by atoms with van der Waals surface area (Å²) < 4.78 is 10.9. The molecular formula is C18H26N2O4. The van der Waals surface area contributed by atoms with Crippen LogP contribution in [0.25, 0.3) is 6.08 Å². The van der Waals surface area contributed by atoms with Crippen molar-refractivity contribution in [2.75, 3.05) is 33.9 Å². The molecule has 0 aliphatic heterocycles. The second-order valence-corrected chi connectivity index (χ2v) is 5.19. The lowest BCUT2D eigenvalue weighted by molar-refractivity contribution is -0.137. The summed E-state index contributed by atoms with van der Waals surface area (Å²) in [7, 11) is 3.10. The predicted molar refractivity (Wildman–Crippen MR) is 94.1 cm³/mol. The van der Waals surface area contributed by atoms with Crippen LogP contribution in [0.15, 0.2) is 24.3 Å². The zero-order chi connectivity index (χ0) is 17.9. The second-order valence-electron chi connectivity index (χ2n) is 5.19. The van der Waals surface area contributed by atoms with Gasteiger partial charge in [0.25, 0.3) is 5.91 Å². The first-order valence-corrected chi connectivity index (χ1v) is 7.97. The molecule has 0 saturated carbocycles. The Kier molecular flexibility index (Phi) is 8.39. The van der Waals surface area contributed by atoms with Gasteiger partial charge in [0, 0.05) is 13.6 Å². The van der Waals surface area contributed by atoms with Gasteiger partial charge in [0.1, 0.15) is 0 Å². The number of likely N-dealkylation sites (N-methyl/N-ethyl adjacent to an activating group) is 1. The zero-order valence-electron chi connectivity index (χ0n) is 14.8. The maximum absolute atomic E-state index is 12.3. The number of amides is 2. The lowest BCUT2D eigenvalue weighted by Gasteiger charge is -2.21. The average Bonchev–Trinajstić information content (AvgIpc) is 2.59. The molecular weight excluding hydrogens is 308 g/mol. The maximum atomic E-state index is 12.3. The fourth-order valence-electron chi connectivity index (χ4n) is 2.14. The highest BCUT2D eigenvalue weighted by atomic mass is 16.5. The third-order valence-electron chi connectivity index (χ3n) is 3.36. The molecule has 6 nitrogen and oxygen atoms in total. The van der Waals surface area contributed by atoms with E-state index in [4.69, 9.17) is 9.47 Å². The average molecular weight is 334 g/mol. The summed E-state index contributed by atoms with van der Waals surface area (Å²) in [6.07, 6.45) is 4.65. The third kappa shape index (κ3) is 5.95. The number of carbonyl (C=O) groups is 2. The first kappa shape index (κ1) is 19.5. The first-order chi connectivity index (χ1) is 11.5. The smallest absolute Gasteiger partial charge is 0.260 e. The Morgan fingerprint density at radius 2 is 2.04 bits per heavy atom. The zero-order valence-corrected chi connectivity index (χ0v) is 14.8. The van der Waals surface area contributed by atoms with Gasteiger partial charge in [-0.2, -0.15) is 0 Å². The highest BCUT2D eigenvalue weighted by Crippen LogP contribution is 2.28. The van der Waals surface area contributed by atoms with E-state index >= 15 is 0 Å². The number of allylic oxidation sites excluding steroid dienone is 1. The van der Waals surface area contributed by atoms with Crippen molar-refractivity contribution < 1.29 is 19.1 Å². The van der Waals surface area contributed by atoms with Gasteiger partial charge in [-0.15, -0.1) is 0 Å². The van der Waals surface area contributed by atoms with E-state index in [2.05, 4.69) is 5.32 Å². The van der Waals surface area contributed by atoms with Crippen LogP contribution in [-0.2, 0) is 9.59 Å². The molecule has 1 N–H and O–H groups in total. The molecule has 0 atom stereocenters. The van der Waals surface area contributed by atoms with Crippen molar-refractivity contribution >= 4 is 17.9 Å². The van der Waals surface area contributed by atoms with Crippen LogP contribution in [0.5, 0.6) is 11.5 Å². The quantitative estimate of drug-likeness (QED) is 0.751. The largest absolute Gasteiger partial charge is 0.493 e. The molecule has 0 radical (unpaired) electrons. The van der Waals surface area contributed by atoms with E-state index in [1.807, 2.05) is 38.1 Å². The number of rotatable bonds is 9. The molecule has 0 spiro atoms. The number of nitrogens with zero attached hydrogens (tertiary/aromatic N) is 1. The van der Waals surface area contributed by atoms with Gasteiger partial charge in [-0.1, -0.05) is 25.1 Å². The normalized spacial score (nSPS) is 10.5. The van der Waals surface area contributed by atoms with E-state index in [0.29, 0.717) is 18.0 Å². The third-order valence-corrected chi connectivity index (χ3v) is 3.36. The lowest BCUT2D eigenvalue weighted by Crippen LogP contribution is -2.42. The predicted octanol–water partition coefficient (Wildman–Crippen LogP) is 2.09. The molecule has 2 amide bonds. The van der Waals surface area contributed by atoms with Crippen LogP contribution in [0.3, 0.4) is 0 Å². The maximum Gasteiger partial charge on any atom is 0.260 e. The van der Waals surface area contributed by atoms with Crippen LogP contribution >= 0.6 is 0 Å². The van der Waals surface area contributed by atoms with E-state index in [9.17, 15) is 9.59 Å². The van der Waals surface area contributed by atoms with Crippen molar-refractivity contribution in [3.63, 3.8) is 0 Å². The molecule has 24 heavy (non-hydrogen) atoms. The Morgan fingerprint density at radius 1 is 1.29 bits per heavy atom. The van der Waals surface area contributed by atoms with Gasteiger partial charge in [0.2, 0.25) is 5.91 Å². The van der Waals surface area contributed by atoms with Crippen molar-refractivity contribution in [2.45, 2.75) is 20.3 Å². The van der Waals surface area contributed by atoms with Crippen LogP contribution in [0, 0.1) is 0 Å². The summed E-state index contributed by atoms with van der Waals surface area (Å²) in [6, 6.07) is 5.50. The molecule has 0 saturated heterocycles. The number of hydrogen-bond acceptors (Lipinski definition) is 4. The summed E-state index contributed by atoms with van der Waals surface area (Å²) in [5.74, 6) is 0.618. The summed E-state index contributed by atoms with van der Waals surface area (Å²) in [4.78, 5) is 25.3. The highest BCUT2D eigenvalue weighted by molar-refractivity contribution is 5.85. The van der Waals surface area contributed by atoms with Crippen molar-refractivity contribution in [1.29, 1.82) is 0 Å². The van der Waals surface area contributed by atoms with E-state index < -0.39 is 0 Å². The van der Waals surface area contributed by atoms with E-state index in [-0.39, 0.29) is 25.0 Å². The van der Waals surface area contributed by atoms with Crippen molar-refractivity contribution in [2.24, 2.45) is 0 Å². The fourth-order valence-corrected chi connectivity index (χ4v) is 2.14. The standard InChI is InChI=1S/C18H26N2O4/c1-5-7-14-8-9-15(16(11-14)23-4)24-13-18(22)20(10-6-2)12-17(21)19-3/h5,7-9,11H,6,10,12-13H2,1-4H3,(H,19,21)/b7-5+. The minimum Gasteiger partial charge on any atom is -0.493 e. The minimum absolute atomic E-state index is 0.0316. The number of benzene rings is 1. The number of carbonyl (C=O) groups excluding carboxylic acids is 2. The highest BCUT2D eigenvalue weighted by Gasteiger charge is 2.17. The molecule has 1 aromatic carbocycles. The van der Waals surface area contributed by atoms with Crippen LogP contribution < -0.4 is 14.8 Å². The van der Waals surface area contributed by atoms with Crippen molar-refractivity contribution in [1.82, 2.24) is 10.2 Å². The number of hydrogen-bond donors (Lipinski definition) is 1. The van der Waals surface area contributed by atoms with Gasteiger partial charge in [0.05, 0.1) is 13.7 Å². The molecule has 0 fully saturated rings. The Labute approximate surface area is 143 Å². The molecule has 1 aromatic rings. The Balaban J connectivity index is 2.75. The van der Waals surface area contributed by atoms with E-state index in [0.717, 1.165) is 12.0 Å². The summed E-state index contributed by atoms with van der Waals surface area (Å²) >= 11 is 0. The number of ether oxygens (including phenoxy) is 2. The van der Waals surface area contributed by atoms with Gasteiger partial charge in [0.15, 0.2) is 18.1 Å². The number of nitrogens with one attached hydrogen (secondary N) is 1. The Bertz CT molecular complexity index is 584. The molecule has 0 aliphatic rings. The summed E-state index contributed by atoms with van der Waals surface area (Å²) in [5, 5.41) is 2.52. The second kappa shape index (κ2) is 10.3. The van der Waals surface area contributed by atoms with Gasteiger partial charge in [-0.05, 0) is 31.0 Å². The Morgan fingerprint density at radius 3 is 2.62 bits per heavy atom. The monoisotopic (exact) mass is 334 g/mol. The van der Waals surface area contributed by atoms with Crippen molar-refractivity contribution in [3.05, 3.63) is 29.8 Å². The van der Waals surface area contributed by atoms with E-state index in [1.165, 1.54) is 4.90 Å². The van der Waals surface area contributed by atoms with Crippen LogP contribution in [0.2, 0.25) is 0 Å². The molecule has 6 heteroatoms. The van der Waals surface area contributed by atoms with Crippen LogP contribution in [0.1, 0.15) is 25.8 Å². The van der Waals surface area contributed by atoms with Crippen LogP contribution in [-0.4, -0.2) is 50.6 Å². The SMILES string of the molecule is C/C=C/c1ccc(OCC(=O)N(CCC)CC(=O)NC)c(OC)c1. The molecule has 0 bridgehead atoms. The lowest BCUT2D eigenvalue weighted by atomic mass is 10.2. The first-order valence-electron chi connectivity index (χ1n) is 7.97. The van der Waals surface area contributed by atoms with Crippen molar-refractivity contribution in [3.8, 4) is 11.5 Å². The van der Waals surface area contributed by atoms with Gasteiger partial charge < -0.3 is 19.7 Å². The molecule has 0 aliphatic carbocycles. The van der Waals surface area contributed by atoms with E-state index in [1.54, 1.807) is 20.2 Å². The minimum atomic E-state index is -0.236. The molecule has 0 unspecified atom stereocenters. The molecule has 0 heterocycles. The van der Waals surface area contributed by atoms with Gasteiger partial charge >= 0.3 is 0 Å². The summed E-state index contributed by atoms with van der Waals surface area (Å²) in [5.41, 5.74) is 0.986. The number of methoxy groups -OCH3 is 1. The van der Waals surface area contributed by atoms with Gasteiger partial charge in [-0.3, -0.25) is 9.59 Å².